The highest BCUT2D eigenvalue weighted by atomic mass is 16.5. The lowest BCUT2D eigenvalue weighted by atomic mass is 9.70. The van der Waals surface area contributed by atoms with E-state index in [4.69, 9.17) is 4.74 Å². The molecule has 2 saturated carbocycles. The monoisotopic (exact) mass is 196 g/mol. The van der Waals surface area contributed by atoms with Crippen molar-refractivity contribution >= 4 is 5.97 Å². The lowest BCUT2D eigenvalue weighted by Gasteiger charge is -2.38. The molecule has 2 aliphatic carbocycles. The van der Waals surface area contributed by atoms with Crippen LogP contribution in [0.2, 0.25) is 0 Å². The molecule has 0 amide bonds. The highest BCUT2D eigenvalue weighted by Gasteiger charge is 2.62. The van der Waals surface area contributed by atoms with Crippen molar-refractivity contribution in [2.75, 3.05) is 0 Å². The summed E-state index contributed by atoms with van der Waals surface area (Å²) in [5.74, 6) is 0.622. The maximum Gasteiger partial charge on any atom is 0.302 e. The summed E-state index contributed by atoms with van der Waals surface area (Å²) < 4.78 is 5.44. The van der Waals surface area contributed by atoms with Gasteiger partial charge in [0.05, 0.1) is 0 Å². The maximum atomic E-state index is 11.0. The van der Waals surface area contributed by atoms with E-state index in [2.05, 4.69) is 20.8 Å². The van der Waals surface area contributed by atoms with E-state index in [9.17, 15) is 4.79 Å². The minimum Gasteiger partial charge on any atom is -0.462 e. The van der Waals surface area contributed by atoms with Crippen LogP contribution in [0.15, 0.2) is 0 Å². The fourth-order valence-electron chi connectivity index (χ4n) is 3.51. The molecule has 0 aromatic heterocycles. The Morgan fingerprint density at radius 3 is 2.36 bits per heavy atom. The second kappa shape index (κ2) is 2.74. The molecule has 2 fully saturated rings. The van der Waals surface area contributed by atoms with E-state index in [1.54, 1.807) is 0 Å². The molecule has 0 aliphatic heterocycles. The zero-order valence-electron chi connectivity index (χ0n) is 9.59. The van der Waals surface area contributed by atoms with Crippen LogP contribution in [0.5, 0.6) is 0 Å². The first-order valence-electron chi connectivity index (χ1n) is 5.55. The van der Waals surface area contributed by atoms with Gasteiger partial charge < -0.3 is 4.74 Å². The number of esters is 1. The van der Waals surface area contributed by atoms with Crippen LogP contribution in [-0.2, 0) is 9.53 Å². The van der Waals surface area contributed by atoms with Gasteiger partial charge in [-0.25, -0.2) is 0 Å². The quantitative estimate of drug-likeness (QED) is 0.603. The topological polar surface area (TPSA) is 26.3 Å². The van der Waals surface area contributed by atoms with Gasteiger partial charge in [-0.2, -0.15) is 0 Å². The van der Waals surface area contributed by atoms with E-state index in [0.717, 1.165) is 12.3 Å². The van der Waals surface area contributed by atoms with Crippen LogP contribution >= 0.6 is 0 Å². The molecule has 14 heavy (non-hydrogen) atoms. The van der Waals surface area contributed by atoms with E-state index in [-0.39, 0.29) is 17.5 Å². The van der Waals surface area contributed by atoms with Crippen molar-refractivity contribution in [2.24, 2.45) is 16.7 Å². The Morgan fingerprint density at radius 1 is 1.36 bits per heavy atom. The van der Waals surface area contributed by atoms with Gasteiger partial charge in [-0.05, 0) is 30.6 Å². The number of hydrogen-bond acceptors (Lipinski definition) is 2. The molecule has 0 N–H and O–H groups in total. The van der Waals surface area contributed by atoms with Crippen LogP contribution in [-0.4, -0.2) is 12.1 Å². The summed E-state index contributed by atoms with van der Waals surface area (Å²) in [7, 11) is 0. The third-order valence-electron chi connectivity index (χ3n) is 5.02. The number of ether oxygens (including phenoxy) is 1. The van der Waals surface area contributed by atoms with Gasteiger partial charge in [-0.15, -0.1) is 0 Å². The number of rotatable bonds is 1. The summed E-state index contributed by atoms with van der Waals surface area (Å²) >= 11 is 0. The smallest absolute Gasteiger partial charge is 0.302 e. The zero-order chi connectivity index (χ0) is 10.6. The molecular formula is C12H20O2. The Hall–Kier alpha value is -0.530. The molecule has 2 nitrogen and oxygen atoms in total. The van der Waals surface area contributed by atoms with E-state index >= 15 is 0 Å². The molecule has 0 aromatic rings. The summed E-state index contributed by atoms with van der Waals surface area (Å²) in [5, 5.41) is 0. The number of fused-ring (bicyclic) bond motifs is 2. The summed E-state index contributed by atoms with van der Waals surface area (Å²) in [6.07, 6.45) is 3.75. The molecule has 1 unspecified atom stereocenters. The predicted octanol–water partition coefficient (Wildman–Crippen LogP) is 2.76. The Balaban J connectivity index is 2.23. The Bertz CT molecular complexity index is 269. The van der Waals surface area contributed by atoms with Crippen molar-refractivity contribution < 1.29 is 9.53 Å². The van der Waals surface area contributed by atoms with Gasteiger partial charge in [-0.1, -0.05) is 20.8 Å². The third-order valence-corrected chi connectivity index (χ3v) is 5.02. The molecule has 2 bridgehead atoms. The normalized spacial score (nSPS) is 44.0. The molecule has 3 atom stereocenters. The van der Waals surface area contributed by atoms with Gasteiger partial charge in [0, 0.05) is 12.3 Å². The van der Waals surface area contributed by atoms with Gasteiger partial charge in [-0.3, -0.25) is 4.79 Å². The first-order chi connectivity index (χ1) is 6.38. The van der Waals surface area contributed by atoms with Gasteiger partial charge in [0.15, 0.2) is 0 Å². The van der Waals surface area contributed by atoms with Crippen LogP contribution in [0.1, 0.15) is 47.0 Å². The van der Waals surface area contributed by atoms with Crippen molar-refractivity contribution in [1.82, 2.24) is 0 Å². The third kappa shape index (κ3) is 1.06. The lowest BCUT2D eigenvalue weighted by Crippen LogP contribution is -2.37. The molecule has 2 aliphatic rings. The van der Waals surface area contributed by atoms with Gasteiger partial charge in [0.25, 0.3) is 0 Å². The molecule has 0 aromatic carbocycles. The minimum atomic E-state index is -0.125. The van der Waals surface area contributed by atoms with Gasteiger partial charge >= 0.3 is 5.97 Å². The van der Waals surface area contributed by atoms with Crippen LogP contribution in [0.25, 0.3) is 0 Å². The molecule has 0 heterocycles. The summed E-state index contributed by atoms with van der Waals surface area (Å²) in [5.41, 5.74) is 0.552. The van der Waals surface area contributed by atoms with Crippen LogP contribution in [0, 0.1) is 16.7 Å². The van der Waals surface area contributed by atoms with Crippen LogP contribution in [0.3, 0.4) is 0 Å². The predicted molar refractivity (Wildman–Crippen MR) is 54.8 cm³/mol. The second-order valence-electron chi connectivity index (χ2n) is 5.71. The fraction of sp³-hybridized carbons (Fsp3) is 0.917. The lowest BCUT2D eigenvalue weighted by molar-refractivity contribution is -0.154. The minimum absolute atomic E-state index is 0.125. The average Bonchev–Trinajstić information content (AvgIpc) is 2.35. The molecule has 2 heteroatoms. The average molecular weight is 196 g/mol. The van der Waals surface area contributed by atoms with Crippen molar-refractivity contribution in [1.29, 1.82) is 0 Å². The van der Waals surface area contributed by atoms with E-state index in [1.807, 2.05) is 0 Å². The Kier molecular flexibility index (Phi) is 1.96. The fourth-order valence-corrected chi connectivity index (χ4v) is 3.51. The van der Waals surface area contributed by atoms with E-state index in [1.165, 1.54) is 19.8 Å². The molecule has 80 valence electrons. The summed E-state index contributed by atoms with van der Waals surface area (Å²) in [6, 6.07) is 0. The Morgan fingerprint density at radius 2 is 2.00 bits per heavy atom. The Labute approximate surface area is 86.0 Å². The number of carbonyl (C=O) groups is 1. The largest absolute Gasteiger partial charge is 0.462 e. The highest BCUT2D eigenvalue weighted by molar-refractivity contribution is 5.66. The van der Waals surface area contributed by atoms with Crippen molar-refractivity contribution in [3.63, 3.8) is 0 Å². The second-order valence-corrected chi connectivity index (χ2v) is 5.71. The SMILES string of the molecule is CC(=O)O[C@H]1C[C@H]2CCC1(C)C2(C)C. The maximum absolute atomic E-state index is 11.0. The van der Waals surface area contributed by atoms with E-state index in [0.29, 0.717) is 5.41 Å². The van der Waals surface area contributed by atoms with E-state index < -0.39 is 0 Å². The van der Waals surface area contributed by atoms with Gasteiger partial charge in [0.2, 0.25) is 0 Å². The highest BCUT2D eigenvalue weighted by Crippen LogP contribution is 2.66. The number of carbonyl (C=O) groups excluding carboxylic acids is 1. The molecule has 0 saturated heterocycles. The first-order valence-corrected chi connectivity index (χ1v) is 5.55. The molecular weight excluding hydrogens is 176 g/mol. The van der Waals surface area contributed by atoms with Crippen LogP contribution < -0.4 is 0 Å². The van der Waals surface area contributed by atoms with Crippen molar-refractivity contribution in [3.05, 3.63) is 0 Å². The van der Waals surface area contributed by atoms with Crippen LogP contribution in [0.4, 0.5) is 0 Å². The zero-order valence-corrected chi connectivity index (χ0v) is 9.59. The summed E-state index contributed by atoms with van der Waals surface area (Å²) in [6.45, 7) is 8.46. The molecule has 0 radical (unpaired) electrons. The number of hydrogen-bond donors (Lipinski definition) is 0. The molecule has 2 rings (SSSR count). The summed E-state index contributed by atoms with van der Waals surface area (Å²) in [4.78, 5) is 11.0. The first kappa shape index (κ1) is 10.0. The molecule has 0 spiro atoms. The van der Waals surface area contributed by atoms with Crippen molar-refractivity contribution in [2.45, 2.75) is 53.1 Å². The standard InChI is InChI=1S/C12H20O2/c1-8(13)14-10-7-9-5-6-12(10,4)11(9,2)3/h9-10H,5-7H2,1-4H3/t9-,10+,12?/m1/s1. The van der Waals surface area contributed by atoms with Crippen molar-refractivity contribution in [3.8, 4) is 0 Å². The van der Waals surface area contributed by atoms with Gasteiger partial charge in [0.1, 0.15) is 6.10 Å².